The number of ether oxygens (including phenoxy) is 2. The van der Waals surface area contributed by atoms with Gasteiger partial charge < -0.3 is 9.47 Å². The summed E-state index contributed by atoms with van der Waals surface area (Å²) >= 11 is 0. The highest BCUT2D eigenvalue weighted by atomic mass is 28.1. The minimum absolute atomic E-state index is 0.0979. The first-order chi connectivity index (χ1) is 7.33. The summed E-state index contributed by atoms with van der Waals surface area (Å²) in [6.07, 6.45) is 3.61. The van der Waals surface area contributed by atoms with Crippen molar-refractivity contribution in [1.29, 1.82) is 0 Å². The van der Waals surface area contributed by atoms with Crippen LogP contribution in [0.1, 0.15) is 47.0 Å². The smallest absolute Gasteiger partial charge is 0.117 e. The van der Waals surface area contributed by atoms with Gasteiger partial charge in [0.05, 0.1) is 22.5 Å². The van der Waals surface area contributed by atoms with Gasteiger partial charge in [-0.05, 0) is 34.2 Å². The average molecular weight is 247 g/mol. The molecule has 3 nitrogen and oxygen atoms in total. The molecule has 0 aliphatic rings. The van der Waals surface area contributed by atoms with Gasteiger partial charge in [0.1, 0.15) is 5.35 Å². The molecule has 0 amide bonds. The molecule has 0 saturated carbocycles. The molecule has 0 fully saturated rings. The van der Waals surface area contributed by atoms with Crippen LogP contribution in [0.2, 0.25) is 0 Å². The molecule has 0 aromatic carbocycles. The Hall–Kier alpha value is 0.0969. The van der Waals surface area contributed by atoms with Crippen LogP contribution >= 0.6 is 0 Å². The maximum absolute atomic E-state index is 5.90. The van der Waals surface area contributed by atoms with Gasteiger partial charge >= 0.3 is 0 Å². The lowest BCUT2D eigenvalue weighted by atomic mass is 10.2. The van der Waals surface area contributed by atoms with Crippen molar-refractivity contribution in [2.75, 3.05) is 20.3 Å². The van der Waals surface area contributed by atoms with E-state index in [2.05, 4.69) is 33.0 Å². The van der Waals surface area contributed by atoms with E-state index in [9.17, 15) is 0 Å². The van der Waals surface area contributed by atoms with Gasteiger partial charge in [-0.25, -0.2) is 0 Å². The minimum Gasteiger partial charge on any atom is -0.372 e. The van der Waals surface area contributed by atoms with Crippen LogP contribution in [-0.4, -0.2) is 41.5 Å². The molecule has 0 aromatic heterocycles. The van der Waals surface area contributed by atoms with Crippen LogP contribution in [0.25, 0.3) is 0 Å². The molecule has 0 aromatic rings. The first-order valence-corrected chi connectivity index (χ1v) is 7.30. The van der Waals surface area contributed by atoms with Gasteiger partial charge in [-0.1, -0.05) is 19.8 Å². The van der Waals surface area contributed by atoms with Crippen LogP contribution in [0.5, 0.6) is 0 Å². The van der Waals surface area contributed by atoms with E-state index in [-0.39, 0.29) is 10.9 Å². The Morgan fingerprint density at radius 1 is 1.12 bits per heavy atom. The van der Waals surface area contributed by atoms with E-state index in [0.717, 1.165) is 23.3 Å². The van der Waals surface area contributed by atoms with Crippen molar-refractivity contribution in [3.63, 3.8) is 0 Å². The predicted molar refractivity (Wildman–Crippen MR) is 72.9 cm³/mol. The third kappa shape index (κ3) is 8.27. The molecule has 0 rings (SSSR count). The molecule has 16 heavy (non-hydrogen) atoms. The predicted octanol–water partition coefficient (Wildman–Crippen LogP) is 1.25. The molecule has 0 bridgehead atoms. The molecule has 0 radical (unpaired) electrons. The SMILES string of the molecule is CCCCCOC([SiH3])(COC(C)(C)C)NC. The van der Waals surface area contributed by atoms with Crippen molar-refractivity contribution in [3.05, 3.63) is 0 Å². The maximum Gasteiger partial charge on any atom is 0.117 e. The molecule has 0 heterocycles. The molecular weight excluding hydrogens is 218 g/mol. The van der Waals surface area contributed by atoms with Crippen LogP contribution in [-0.2, 0) is 9.47 Å². The van der Waals surface area contributed by atoms with Gasteiger partial charge in [-0.15, -0.1) is 0 Å². The van der Waals surface area contributed by atoms with Gasteiger partial charge in [0.15, 0.2) is 0 Å². The van der Waals surface area contributed by atoms with Gasteiger partial charge in [-0.3, -0.25) is 5.32 Å². The summed E-state index contributed by atoms with van der Waals surface area (Å²) in [5.74, 6) is 0. The summed E-state index contributed by atoms with van der Waals surface area (Å²) in [5.41, 5.74) is -0.0979. The largest absolute Gasteiger partial charge is 0.372 e. The Bertz CT molecular complexity index is 182. The maximum atomic E-state index is 5.90. The minimum atomic E-state index is -0.235. The molecule has 1 N–H and O–H groups in total. The standard InChI is InChI=1S/C12H29NO2Si/c1-6-7-8-9-14-12(16,13-5)10-15-11(2,3)4/h13H,6-10H2,1-5,16H3. The van der Waals surface area contributed by atoms with Crippen LogP contribution in [0.3, 0.4) is 0 Å². The first kappa shape index (κ1) is 16.1. The van der Waals surface area contributed by atoms with Gasteiger partial charge in [0, 0.05) is 6.61 Å². The average Bonchev–Trinajstić information content (AvgIpc) is 2.21. The Kier molecular flexibility index (Phi) is 7.47. The number of hydrogen-bond acceptors (Lipinski definition) is 3. The Morgan fingerprint density at radius 2 is 1.75 bits per heavy atom. The summed E-state index contributed by atoms with van der Waals surface area (Å²) in [6, 6.07) is 0. The fourth-order valence-electron chi connectivity index (χ4n) is 1.19. The fraction of sp³-hybridized carbons (Fsp3) is 1.00. The van der Waals surface area contributed by atoms with Crippen LogP contribution in [0.15, 0.2) is 0 Å². The molecule has 0 aliphatic carbocycles. The molecule has 98 valence electrons. The summed E-state index contributed by atoms with van der Waals surface area (Å²) in [6.45, 7) is 9.87. The molecule has 0 aliphatic heterocycles. The first-order valence-electron chi connectivity index (χ1n) is 6.30. The second-order valence-corrected chi connectivity index (χ2v) is 7.05. The van der Waals surface area contributed by atoms with Gasteiger partial charge in [0.2, 0.25) is 0 Å². The zero-order valence-corrected chi connectivity index (χ0v) is 13.9. The molecule has 1 unspecified atom stereocenters. The second kappa shape index (κ2) is 7.43. The van der Waals surface area contributed by atoms with Crippen LogP contribution in [0, 0.1) is 0 Å². The fourth-order valence-corrected chi connectivity index (χ4v) is 1.54. The van der Waals surface area contributed by atoms with E-state index >= 15 is 0 Å². The zero-order chi connectivity index (χ0) is 12.7. The lowest BCUT2D eigenvalue weighted by molar-refractivity contribution is -0.103. The van der Waals surface area contributed by atoms with Crippen molar-refractivity contribution in [2.45, 2.75) is 57.9 Å². The summed E-state index contributed by atoms with van der Waals surface area (Å²) in [5, 5.41) is 3.01. The Labute approximate surface area is 104 Å². The molecular formula is C12H29NO2Si. The monoisotopic (exact) mass is 247 g/mol. The number of nitrogens with one attached hydrogen (secondary N) is 1. The normalized spacial score (nSPS) is 16.3. The number of likely N-dealkylation sites (N-methyl/N-ethyl adjacent to an activating group) is 1. The van der Waals surface area contributed by atoms with Crippen LogP contribution < -0.4 is 5.32 Å². The van der Waals surface area contributed by atoms with E-state index in [1.165, 1.54) is 12.8 Å². The van der Waals surface area contributed by atoms with Crippen molar-refractivity contribution >= 4 is 10.2 Å². The Balaban J connectivity index is 3.91. The number of hydrogen-bond donors (Lipinski definition) is 1. The van der Waals surface area contributed by atoms with E-state index in [0.29, 0.717) is 6.61 Å². The number of unbranched alkanes of at least 4 members (excludes halogenated alkanes) is 2. The van der Waals surface area contributed by atoms with Crippen molar-refractivity contribution in [2.24, 2.45) is 0 Å². The highest BCUT2D eigenvalue weighted by Gasteiger charge is 2.25. The van der Waals surface area contributed by atoms with Crippen molar-refractivity contribution in [1.82, 2.24) is 5.32 Å². The lowest BCUT2D eigenvalue weighted by Gasteiger charge is -2.33. The summed E-state index contributed by atoms with van der Waals surface area (Å²) < 4.78 is 11.7. The lowest BCUT2D eigenvalue weighted by Crippen LogP contribution is -2.52. The van der Waals surface area contributed by atoms with Crippen molar-refractivity contribution < 1.29 is 9.47 Å². The summed E-state index contributed by atoms with van der Waals surface area (Å²) in [4.78, 5) is 0. The van der Waals surface area contributed by atoms with E-state index in [1.54, 1.807) is 0 Å². The topological polar surface area (TPSA) is 30.5 Å². The third-order valence-electron chi connectivity index (χ3n) is 2.48. The second-order valence-electron chi connectivity index (χ2n) is 5.44. The third-order valence-corrected chi connectivity index (χ3v) is 3.56. The number of rotatable bonds is 8. The zero-order valence-electron chi connectivity index (χ0n) is 11.9. The van der Waals surface area contributed by atoms with Crippen molar-refractivity contribution in [3.8, 4) is 0 Å². The van der Waals surface area contributed by atoms with E-state index in [4.69, 9.17) is 9.47 Å². The molecule has 1 atom stereocenters. The highest BCUT2D eigenvalue weighted by molar-refractivity contribution is 6.14. The highest BCUT2D eigenvalue weighted by Crippen LogP contribution is 2.12. The Morgan fingerprint density at radius 3 is 2.19 bits per heavy atom. The molecule has 0 saturated heterocycles. The summed E-state index contributed by atoms with van der Waals surface area (Å²) in [7, 11) is 2.87. The molecule has 0 spiro atoms. The van der Waals surface area contributed by atoms with E-state index < -0.39 is 0 Å². The van der Waals surface area contributed by atoms with Gasteiger partial charge in [-0.2, -0.15) is 0 Å². The van der Waals surface area contributed by atoms with E-state index in [1.807, 2.05) is 7.05 Å². The molecule has 4 heteroatoms. The van der Waals surface area contributed by atoms with Gasteiger partial charge in [0.25, 0.3) is 0 Å². The van der Waals surface area contributed by atoms with Crippen LogP contribution in [0.4, 0.5) is 0 Å². The quantitative estimate of drug-likeness (QED) is 0.398.